The Morgan fingerprint density at radius 1 is 1.64 bits per heavy atom. The molecule has 0 unspecified atom stereocenters. The molecule has 0 saturated heterocycles. The molecule has 72 valence electrons. The number of aromatic hydroxyl groups is 1. The zero-order chi connectivity index (χ0) is 10.7. The van der Waals surface area contributed by atoms with Crippen LogP contribution in [0.5, 0.6) is 5.75 Å². The molecule has 1 N–H and O–H groups in total. The molecule has 0 spiro atoms. The van der Waals surface area contributed by atoms with E-state index in [0.29, 0.717) is 5.56 Å². The van der Waals surface area contributed by atoms with Gasteiger partial charge in [-0.1, -0.05) is 0 Å². The van der Waals surface area contributed by atoms with Gasteiger partial charge in [0.05, 0.1) is 17.4 Å². The zero-order valence-corrected chi connectivity index (χ0v) is 8.48. The fraction of sp³-hybridized carbons (Fsp3) is 0.125. The van der Waals surface area contributed by atoms with Gasteiger partial charge in [0.1, 0.15) is 10.2 Å². The highest BCUT2D eigenvalue weighted by Crippen LogP contribution is 2.36. The van der Waals surface area contributed by atoms with Gasteiger partial charge in [0, 0.05) is 11.6 Å². The molecule has 1 aromatic rings. The van der Waals surface area contributed by atoms with Gasteiger partial charge in [-0.15, -0.1) is 0 Å². The van der Waals surface area contributed by atoms with Crippen LogP contribution in [0.4, 0.5) is 5.69 Å². The molecule has 0 fully saturated rings. The van der Waals surface area contributed by atoms with E-state index in [4.69, 9.17) is 5.26 Å². The van der Waals surface area contributed by atoms with Crippen LogP contribution in [0.3, 0.4) is 0 Å². The fourth-order valence-corrected chi connectivity index (χ4v) is 1.49. The first-order valence-corrected chi connectivity index (χ1v) is 4.39. The van der Waals surface area contributed by atoms with Crippen molar-refractivity contribution < 1.29 is 10.0 Å². The smallest absolute Gasteiger partial charge is 0.287 e. The summed E-state index contributed by atoms with van der Waals surface area (Å²) in [6, 6.07) is 4.46. The average molecular weight is 257 g/mol. The summed E-state index contributed by atoms with van der Waals surface area (Å²) in [5.74, 6) is -0.249. The minimum Gasteiger partial charge on any atom is -0.506 e. The predicted molar refractivity (Wildman–Crippen MR) is 51.8 cm³/mol. The summed E-state index contributed by atoms with van der Waals surface area (Å²) in [5.41, 5.74) is 0.147. The Labute approximate surface area is 87.9 Å². The van der Waals surface area contributed by atoms with E-state index in [1.54, 1.807) is 0 Å². The minimum absolute atomic E-state index is 0.00949. The van der Waals surface area contributed by atoms with Gasteiger partial charge in [-0.05, 0) is 22.0 Å². The number of benzene rings is 1. The van der Waals surface area contributed by atoms with Crippen LogP contribution < -0.4 is 0 Å². The van der Waals surface area contributed by atoms with Crippen molar-refractivity contribution >= 4 is 21.6 Å². The van der Waals surface area contributed by atoms with Crippen LogP contribution in [0.2, 0.25) is 0 Å². The van der Waals surface area contributed by atoms with Crippen LogP contribution in [-0.2, 0) is 6.42 Å². The van der Waals surface area contributed by atoms with Crippen molar-refractivity contribution in [3.8, 4) is 11.8 Å². The van der Waals surface area contributed by atoms with Crippen LogP contribution in [0, 0.1) is 21.4 Å². The van der Waals surface area contributed by atoms with Crippen molar-refractivity contribution in [3.63, 3.8) is 0 Å². The normalized spacial score (nSPS) is 9.43. The van der Waals surface area contributed by atoms with E-state index in [1.807, 2.05) is 6.07 Å². The Morgan fingerprint density at radius 2 is 2.29 bits per heavy atom. The molecule has 0 amide bonds. The molecule has 0 aliphatic carbocycles. The number of halogens is 1. The minimum atomic E-state index is -0.611. The van der Waals surface area contributed by atoms with Crippen LogP contribution in [0.25, 0.3) is 0 Å². The largest absolute Gasteiger partial charge is 0.506 e. The molecule has 14 heavy (non-hydrogen) atoms. The van der Waals surface area contributed by atoms with E-state index in [1.165, 1.54) is 12.1 Å². The lowest BCUT2D eigenvalue weighted by atomic mass is 10.1. The Morgan fingerprint density at radius 3 is 2.79 bits per heavy atom. The first-order chi connectivity index (χ1) is 6.57. The van der Waals surface area contributed by atoms with E-state index in [9.17, 15) is 15.2 Å². The lowest BCUT2D eigenvalue weighted by Crippen LogP contribution is -1.92. The number of phenolic OH excluding ortho intramolecular Hbond substituents is 1. The molecule has 6 heteroatoms. The van der Waals surface area contributed by atoms with Crippen molar-refractivity contribution in [2.75, 3.05) is 0 Å². The summed E-state index contributed by atoms with van der Waals surface area (Å²) in [6.07, 6.45) is 0.0163. The van der Waals surface area contributed by atoms with Crippen LogP contribution in [-0.4, -0.2) is 10.0 Å². The first kappa shape index (κ1) is 10.5. The lowest BCUT2D eigenvalue weighted by molar-refractivity contribution is -0.385. The third-order valence-electron chi connectivity index (χ3n) is 1.65. The predicted octanol–water partition coefficient (Wildman–Crippen LogP) is 2.13. The summed E-state index contributed by atoms with van der Waals surface area (Å²) < 4.78 is 0.00949. The maximum absolute atomic E-state index is 10.4. The first-order valence-electron chi connectivity index (χ1n) is 3.59. The number of nitro benzene ring substituents is 1. The Kier molecular flexibility index (Phi) is 3.04. The van der Waals surface area contributed by atoms with Gasteiger partial charge in [0.2, 0.25) is 0 Å². The van der Waals surface area contributed by atoms with Crippen molar-refractivity contribution in [1.82, 2.24) is 0 Å². The highest BCUT2D eigenvalue weighted by Gasteiger charge is 2.17. The topological polar surface area (TPSA) is 87.2 Å². The summed E-state index contributed by atoms with van der Waals surface area (Å²) in [4.78, 5) is 9.83. The molecular weight excluding hydrogens is 252 g/mol. The van der Waals surface area contributed by atoms with Crippen molar-refractivity contribution in [1.29, 1.82) is 5.26 Å². The highest BCUT2D eigenvalue weighted by atomic mass is 79.9. The number of nitriles is 1. The van der Waals surface area contributed by atoms with Gasteiger partial charge in [0.25, 0.3) is 5.69 Å². The van der Waals surface area contributed by atoms with E-state index in [-0.39, 0.29) is 22.3 Å². The molecule has 5 nitrogen and oxygen atoms in total. The van der Waals surface area contributed by atoms with Gasteiger partial charge in [0.15, 0.2) is 0 Å². The molecule has 0 aliphatic heterocycles. The van der Waals surface area contributed by atoms with E-state index >= 15 is 0 Å². The lowest BCUT2D eigenvalue weighted by Gasteiger charge is -2.02. The summed E-state index contributed by atoms with van der Waals surface area (Å²) in [6.45, 7) is 0. The van der Waals surface area contributed by atoms with Crippen molar-refractivity contribution in [2.45, 2.75) is 6.42 Å². The quantitative estimate of drug-likeness (QED) is 0.649. The zero-order valence-electron chi connectivity index (χ0n) is 6.90. The number of hydrogen-bond donors (Lipinski definition) is 1. The van der Waals surface area contributed by atoms with Gasteiger partial charge < -0.3 is 5.11 Å². The molecule has 0 radical (unpaired) electrons. The molecule has 1 aromatic carbocycles. The Bertz CT molecular complexity index is 425. The molecular formula is C8H5BrN2O3. The molecule has 1 rings (SSSR count). The number of nitrogens with zero attached hydrogens (tertiary/aromatic N) is 2. The summed E-state index contributed by atoms with van der Waals surface area (Å²) in [5, 5.41) is 28.3. The standard InChI is InChI=1S/C8H5BrN2O3/c9-7-6(11(13)14)2-1-5(3-4-10)8(7)12/h1-2,12H,3H2. The molecule has 0 aromatic heterocycles. The van der Waals surface area contributed by atoms with E-state index in [2.05, 4.69) is 15.9 Å². The molecule has 0 bridgehead atoms. The second-order valence-electron chi connectivity index (χ2n) is 2.50. The van der Waals surface area contributed by atoms with Gasteiger partial charge in [-0.25, -0.2) is 0 Å². The van der Waals surface area contributed by atoms with Crippen molar-refractivity contribution in [2.24, 2.45) is 0 Å². The fourth-order valence-electron chi connectivity index (χ4n) is 0.963. The van der Waals surface area contributed by atoms with Crippen LogP contribution >= 0.6 is 15.9 Å². The summed E-state index contributed by atoms with van der Waals surface area (Å²) in [7, 11) is 0. The summed E-state index contributed by atoms with van der Waals surface area (Å²) >= 11 is 2.90. The Balaban J connectivity index is 3.27. The SMILES string of the molecule is N#CCc1ccc([N+](=O)[O-])c(Br)c1O. The maximum Gasteiger partial charge on any atom is 0.287 e. The highest BCUT2D eigenvalue weighted by molar-refractivity contribution is 9.10. The molecule has 0 aliphatic rings. The van der Waals surface area contributed by atoms with Gasteiger partial charge in [-0.2, -0.15) is 5.26 Å². The monoisotopic (exact) mass is 256 g/mol. The Hall–Kier alpha value is -1.61. The van der Waals surface area contributed by atoms with Crippen molar-refractivity contribution in [3.05, 3.63) is 32.3 Å². The van der Waals surface area contributed by atoms with Crippen LogP contribution in [0.15, 0.2) is 16.6 Å². The number of nitro groups is 1. The molecule has 0 heterocycles. The molecule has 0 atom stereocenters. The van der Waals surface area contributed by atoms with Crippen LogP contribution in [0.1, 0.15) is 5.56 Å². The third kappa shape index (κ3) is 1.83. The molecule has 0 saturated carbocycles. The van der Waals surface area contributed by atoms with E-state index in [0.717, 1.165) is 0 Å². The van der Waals surface area contributed by atoms with Gasteiger partial charge in [-0.3, -0.25) is 10.1 Å². The number of rotatable bonds is 2. The van der Waals surface area contributed by atoms with Gasteiger partial charge >= 0.3 is 0 Å². The second-order valence-corrected chi connectivity index (χ2v) is 3.29. The maximum atomic E-state index is 10.4. The average Bonchev–Trinajstić information content (AvgIpc) is 2.13. The second kappa shape index (κ2) is 4.07. The van der Waals surface area contributed by atoms with E-state index < -0.39 is 4.92 Å². The third-order valence-corrected chi connectivity index (χ3v) is 2.43. The number of hydrogen-bond acceptors (Lipinski definition) is 4. The number of phenols is 1.